The molecule has 0 aliphatic rings. The average Bonchev–Trinajstić information content (AvgIpc) is 3.16. The molecule has 0 atom stereocenters. The lowest BCUT2D eigenvalue weighted by molar-refractivity contribution is -0.149. The van der Waals surface area contributed by atoms with Gasteiger partial charge >= 0.3 is 29.8 Å². The van der Waals surface area contributed by atoms with Crippen LogP contribution in [0.3, 0.4) is 0 Å². The summed E-state index contributed by atoms with van der Waals surface area (Å²) in [6.07, 6.45) is 3.38. The topological polar surface area (TPSA) is 141 Å². The van der Waals surface area contributed by atoms with Crippen LogP contribution in [0.2, 0.25) is 0 Å². The average molecular weight is 761 g/mol. The summed E-state index contributed by atoms with van der Waals surface area (Å²) in [6, 6.07) is 21.8. The quantitative estimate of drug-likeness (QED) is 0.0581. The van der Waals surface area contributed by atoms with Gasteiger partial charge in [0.2, 0.25) is 0 Å². The van der Waals surface area contributed by atoms with Crippen LogP contribution >= 0.6 is 0 Å². The Bertz CT molecular complexity index is 2180. The number of benzene rings is 4. The second kappa shape index (κ2) is 19.0. The van der Waals surface area contributed by atoms with Crippen LogP contribution in [0, 0.1) is 12.3 Å². The molecule has 0 unspecified atom stereocenters. The van der Waals surface area contributed by atoms with Crippen molar-refractivity contribution in [1.82, 2.24) is 0 Å². The Morgan fingerprint density at radius 3 is 1.82 bits per heavy atom. The van der Waals surface area contributed by atoms with Crippen molar-refractivity contribution in [2.45, 2.75) is 41.0 Å². The molecule has 0 spiro atoms. The third-order valence-electron chi connectivity index (χ3n) is 8.24. The first-order valence-electron chi connectivity index (χ1n) is 17.5. The smallest absolute Gasteiger partial charge is 0.343 e. The molecular formula is C45H44O11. The monoisotopic (exact) mass is 760 g/mol. The summed E-state index contributed by atoms with van der Waals surface area (Å²) in [7, 11) is 0. The molecule has 0 aliphatic heterocycles. The van der Waals surface area contributed by atoms with E-state index in [9.17, 15) is 24.0 Å². The van der Waals surface area contributed by atoms with Gasteiger partial charge in [-0.05, 0) is 123 Å². The Morgan fingerprint density at radius 1 is 0.643 bits per heavy atom. The van der Waals surface area contributed by atoms with Gasteiger partial charge in [0, 0.05) is 28.2 Å². The molecule has 0 aromatic heterocycles. The predicted octanol–water partition coefficient (Wildman–Crippen LogP) is 8.48. The minimum atomic E-state index is -0.715. The highest BCUT2D eigenvalue weighted by Gasteiger charge is 2.29. The van der Waals surface area contributed by atoms with Gasteiger partial charge < -0.3 is 28.4 Å². The fourth-order valence-electron chi connectivity index (χ4n) is 4.89. The van der Waals surface area contributed by atoms with Gasteiger partial charge in [-0.15, -0.1) is 0 Å². The normalized spacial score (nSPS) is 11.0. The van der Waals surface area contributed by atoms with Gasteiger partial charge in [0.05, 0.1) is 12.2 Å². The lowest BCUT2D eigenvalue weighted by atomic mass is 9.89. The van der Waals surface area contributed by atoms with E-state index in [4.69, 9.17) is 28.4 Å². The third-order valence-corrected chi connectivity index (χ3v) is 8.24. The predicted molar refractivity (Wildman–Crippen MR) is 211 cm³/mol. The summed E-state index contributed by atoms with van der Waals surface area (Å²) in [5, 5.41) is 1.83. The van der Waals surface area contributed by atoms with Gasteiger partial charge in [-0.1, -0.05) is 44.9 Å². The zero-order chi connectivity index (χ0) is 41.0. The number of rotatable bonds is 17. The van der Waals surface area contributed by atoms with Crippen molar-refractivity contribution in [3.8, 4) is 23.0 Å². The molecule has 0 N–H and O–H groups in total. The van der Waals surface area contributed by atoms with Crippen molar-refractivity contribution in [3.63, 3.8) is 0 Å². The summed E-state index contributed by atoms with van der Waals surface area (Å²) in [5.41, 5.74) is 1.67. The Balaban J connectivity index is 1.31. The van der Waals surface area contributed by atoms with Crippen LogP contribution < -0.4 is 18.9 Å². The zero-order valence-corrected chi connectivity index (χ0v) is 32.1. The van der Waals surface area contributed by atoms with Crippen LogP contribution in [0.15, 0.2) is 121 Å². The van der Waals surface area contributed by atoms with Crippen molar-refractivity contribution in [1.29, 1.82) is 0 Å². The van der Waals surface area contributed by atoms with Gasteiger partial charge in [0.15, 0.2) is 0 Å². The van der Waals surface area contributed by atoms with Crippen LogP contribution in [-0.2, 0) is 28.7 Å². The number of carbonyl (C=O) groups is 5. The van der Waals surface area contributed by atoms with Crippen LogP contribution in [0.25, 0.3) is 16.8 Å². The highest BCUT2D eigenvalue weighted by atomic mass is 16.6. The van der Waals surface area contributed by atoms with Gasteiger partial charge in [-0.3, -0.25) is 0 Å². The summed E-state index contributed by atoms with van der Waals surface area (Å²) in [5.74, 6) is -1.39. The lowest BCUT2D eigenvalue weighted by Gasteiger charge is -2.28. The zero-order valence-electron chi connectivity index (χ0n) is 32.1. The molecule has 0 bridgehead atoms. The molecule has 4 rings (SSSR count). The van der Waals surface area contributed by atoms with Gasteiger partial charge in [-0.25, -0.2) is 24.0 Å². The molecule has 0 saturated heterocycles. The first kappa shape index (κ1) is 42.0. The number of hydrogen-bond acceptors (Lipinski definition) is 11. The molecule has 4 aromatic rings. The van der Waals surface area contributed by atoms with Crippen molar-refractivity contribution < 1.29 is 52.4 Å². The summed E-state index contributed by atoms with van der Waals surface area (Å²) < 4.78 is 32.9. The van der Waals surface area contributed by atoms with E-state index in [0.29, 0.717) is 23.5 Å². The fourth-order valence-corrected chi connectivity index (χ4v) is 4.89. The Morgan fingerprint density at radius 2 is 1.21 bits per heavy atom. The molecular weight excluding hydrogens is 716 g/mol. The molecule has 11 nitrogen and oxygen atoms in total. The van der Waals surface area contributed by atoms with Crippen LogP contribution in [0.4, 0.5) is 0 Å². The van der Waals surface area contributed by atoms with Crippen LogP contribution in [0.5, 0.6) is 23.0 Å². The number of ether oxygens (including phenoxy) is 6. The molecule has 0 amide bonds. The van der Waals surface area contributed by atoms with Gasteiger partial charge in [-0.2, -0.15) is 0 Å². The van der Waals surface area contributed by atoms with E-state index in [1.54, 1.807) is 32.9 Å². The molecule has 0 heterocycles. The van der Waals surface area contributed by atoms with E-state index in [-0.39, 0.29) is 53.6 Å². The fraction of sp³-hybridized carbons (Fsp3) is 0.222. The first-order valence-corrected chi connectivity index (χ1v) is 17.5. The number of aryl methyl sites for hydroxylation is 1. The van der Waals surface area contributed by atoms with E-state index in [0.717, 1.165) is 16.3 Å². The minimum absolute atomic E-state index is 0.00687. The van der Waals surface area contributed by atoms with Crippen molar-refractivity contribution in [2.75, 3.05) is 19.8 Å². The largest absolute Gasteiger partial charge is 0.494 e. The second-order valence-electron chi connectivity index (χ2n) is 13.7. The molecule has 290 valence electrons. The van der Waals surface area contributed by atoms with E-state index < -0.39 is 35.3 Å². The van der Waals surface area contributed by atoms with E-state index in [1.807, 2.05) is 43.3 Å². The molecule has 0 saturated carbocycles. The SMILES string of the molecule is C=C(C)C(=O)OCC(C)(CCOc1ccc2cc(/C=C/C(=O)Oc3ccc(OC(=O)c4ccc(OC(=O)C(=C)C)cc4)cc3C)ccc2c1)COC(=O)C(=C)C. The highest BCUT2D eigenvalue weighted by molar-refractivity contribution is 5.93. The molecule has 4 aromatic carbocycles. The molecule has 0 aliphatic carbocycles. The van der Waals surface area contributed by atoms with E-state index >= 15 is 0 Å². The summed E-state index contributed by atoms with van der Waals surface area (Å²) >= 11 is 0. The van der Waals surface area contributed by atoms with Crippen LogP contribution in [-0.4, -0.2) is 49.7 Å². The number of hydrogen-bond donors (Lipinski definition) is 0. The molecule has 56 heavy (non-hydrogen) atoms. The minimum Gasteiger partial charge on any atom is -0.494 e. The number of fused-ring (bicyclic) bond motifs is 1. The van der Waals surface area contributed by atoms with E-state index in [1.165, 1.54) is 49.4 Å². The Kier molecular flexibility index (Phi) is 14.3. The van der Waals surface area contributed by atoms with Crippen LogP contribution in [0.1, 0.15) is 55.6 Å². The van der Waals surface area contributed by atoms with Crippen molar-refractivity contribution in [2.24, 2.45) is 5.41 Å². The second-order valence-corrected chi connectivity index (χ2v) is 13.7. The molecule has 11 heteroatoms. The summed E-state index contributed by atoms with van der Waals surface area (Å²) in [6.45, 7) is 19.2. The Labute approximate surface area is 325 Å². The molecule has 0 fully saturated rings. The standard InChI is InChI=1S/C45H44O11/c1-28(2)41(47)52-26-45(8,27-53-42(48)29(3)4)21-22-51-37-17-14-34-24-32(9-11-35(34)25-37)10-20-40(46)56-39-19-18-38(23-31(39)7)55-44(50)33-12-15-36(16-13-33)54-43(49)30(5)6/h9-20,23-25H,1,3,5,21-22,26-27H2,2,4,6-8H3/b20-10+. The number of carbonyl (C=O) groups excluding carboxylic acids is 5. The molecule has 0 radical (unpaired) electrons. The van der Waals surface area contributed by atoms with Gasteiger partial charge in [0.25, 0.3) is 0 Å². The lowest BCUT2D eigenvalue weighted by Crippen LogP contribution is -2.33. The van der Waals surface area contributed by atoms with Crippen molar-refractivity contribution in [3.05, 3.63) is 138 Å². The maximum absolute atomic E-state index is 12.7. The van der Waals surface area contributed by atoms with Gasteiger partial charge in [0.1, 0.15) is 36.2 Å². The highest BCUT2D eigenvalue weighted by Crippen LogP contribution is 2.28. The first-order chi connectivity index (χ1) is 26.5. The Hall–Kier alpha value is -6.75. The maximum Gasteiger partial charge on any atom is 0.343 e. The number of esters is 5. The maximum atomic E-state index is 12.7. The van der Waals surface area contributed by atoms with E-state index in [2.05, 4.69) is 19.7 Å². The van der Waals surface area contributed by atoms with Crippen molar-refractivity contribution >= 4 is 46.7 Å². The third kappa shape index (κ3) is 12.4. The summed E-state index contributed by atoms with van der Waals surface area (Å²) in [4.78, 5) is 61.1.